The lowest BCUT2D eigenvalue weighted by molar-refractivity contribution is -0.367. The van der Waals surface area contributed by atoms with E-state index in [1.807, 2.05) is 6.07 Å². The highest BCUT2D eigenvalue weighted by Crippen LogP contribution is 2.52. The van der Waals surface area contributed by atoms with E-state index in [-0.39, 0.29) is 23.2 Å². The van der Waals surface area contributed by atoms with Crippen LogP contribution in [-0.4, -0.2) is 38.7 Å². The van der Waals surface area contributed by atoms with Crippen molar-refractivity contribution in [2.75, 3.05) is 6.61 Å². The van der Waals surface area contributed by atoms with Crippen LogP contribution < -0.4 is 10.4 Å². The number of benzene rings is 3. The minimum atomic E-state index is -2.82. The van der Waals surface area contributed by atoms with E-state index in [1.54, 1.807) is 0 Å². The van der Waals surface area contributed by atoms with Crippen molar-refractivity contribution < 1.29 is 23.4 Å². The van der Waals surface area contributed by atoms with Crippen LogP contribution in [0, 0.1) is 5.92 Å². The van der Waals surface area contributed by atoms with Gasteiger partial charge in [-0.1, -0.05) is 132 Å². The molecule has 3 fully saturated rings. The third-order valence-corrected chi connectivity index (χ3v) is 15.4. The summed E-state index contributed by atoms with van der Waals surface area (Å²) < 4.78 is 34.7. The maximum Gasteiger partial charge on any atom is 0.319 e. The molecule has 5 nitrogen and oxygen atoms in total. The summed E-state index contributed by atoms with van der Waals surface area (Å²) in [6.45, 7) is 12.6. The Morgan fingerprint density at radius 2 is 1.53 bits per heavy atom. The van der Waals surface area contributed by atoms with Gasteiger partial charge in [-0.2, -0.15) is 0 Å². The number of ether oxygens (including phenoxy) is 4. The van der Waals surface area contributed by atoms with Gasteiger partial charge in [-0.25, -0.2) is 0 Å². The van der Waals surface area contributed by atoms with Gasteiger partial charge < -0.3 is 23.4 Å². The number of unbranched alkanes of at least 4 members (excludes halogenated alkanes) is 1. The molecule has 6 rings (SSSR count). The normalized spacial score (nSPS) is 28.5. The van der Waals surface area contributed by atoms with E-state index in [0.717, 1.165) is 57.1 Å². The van der Waals surface area contributed by atoms with E-state index in [1.165, 1.54) is 15.9 Å². The van der Waals surface area contributed by atoms with Crippen LogP contribution in [0.25, 0.3) is 0 Å². The third-order valence-electron chi connectivity index (χ3n) is 10.4. The molecule has 0 aromatic heterocycles. The summed E-state index contributed by atoms with van der Waals surface area (Å²) in [6.07, 6.45) is 9.54. The summed E-state index contributed by atoms with van der Waals surface area (Å²) in [5.41, 5.74) is 1.19. The zero-order valence-corrected chi connectivity index (χ0v) is 30.1. The smallest absolute Gasteiger partial charge is 0.319 e. The number of hydrogen-bond donors (Lipinski definition) is 0. The Morgan fingerprint density at radius 1 is 0.894 bits per heavy atom. The molecule has 3 aliphatic rings. The zero-order valence-electron chi connectivity index (χ0n) is 29.1. The number of allylic oxidation sites excluding steroid dienone is 1. The lowest BCUT2D eigenvalue weighted by atomic mass is 9.89. The molecule has 0 N–H and O–H groups in total. The first kappa shape index (κ1) is 34.1. The molecule has 3 heterocycles. The van der Waals surface area contributed by atoms with Crippen molar-refractivity contribution in [2.24, 2.45) is 5.92 Å². The van der Waals surface area contributed by atoms with Crippen molar-refractivity contribution in [3.8, 4) is 0 Å². The van der Waals surface area contributed by atoms with Crippen molar-refractivity contribution in [3.63, 3.8) is 0 Å². The van der Waals surface area contributed by atoms with Gasteiger partial charge in [0.25, 0.3) is 0 Å². The summed E-state index contributed by atoms with van der Waals surface area (Å²) in [5.74, 6) is -0.143. The van der Waals surface area contributed by atoms with Crippen molar-refractivity contribution in [3.05, 3.63) is 108 Å². The second-order valence-corrected chi connectivity index (χ2v) is 19.1. The monoisotopic (exact) mass is 654 g/mol. The summed E-state index contributed by atoms with van der Waals surface area (Å²) in [6, 6.07) is 32.2. The first-order chi connectivity index (χ1) is 22.7. The maximum absolute atomic E-state index is 7.63. The molecule has 3 aromatic carbocycles. The van der Waals surface area contributed by atoms with Gasteiger partial charge >= 0.3 is 8.32 Å². The summed E-state index contributed by atoms with van der Waals surface area (Å²) >= 11 is 0. The average Bonchev–Trinajstić information content (AvgIpc) is 3.44. The van der Waals surface area contributed by atoms with Gasteiger partial charge in [0.15, 0.2) is 11.6 Å². The quantitative estimate of drug-likeness (QED) is 0.162. The average molecular weight is 655 g/mol. The molecule has 0 amide bonds. The fourth-order valence-electron chi connectivity index (χ4n) is 7.90. The lowest BCUT2D eigenvalue weighted by Gasteiger charge is -2.47. The second-order valence-electron chi connectivity index (χ2n) is 14.9. The maximum atomic E-state index is 7.63. The molecule has 0 bridgehead atoms. The van der Waals surface area contributed by atoms with Gasteiger partial charge in [-0.15, -0.1) is 0 Å². The molecule has 0 radical (unpaired) electrons. The molecule has 3 saturated heterocycles. The molecule has 252 valence electrons. The summed E-state index contributed by atoms with van der Waals surface area (Å²) in [4.78, 5) is 0. The number of hydrogen-bond acceptors (Lipinski definition) is 5. The Labute approximate surface area is 283 Å². The van der Waals surface area contributed by atoms with E-state index >= 15 is 0 Å². The number of rotatable bonds is 10. The minimum absolute atomic E-state index is 0.0550. The van der Waals surface area contributed by atoms with E-state index in [2.05, 4.69) is 126 Å². The van der Waals surface area contributed by atoms with Crippen LogP contribution in [0.4, 0.5) is 0 Å². The third kappa shape index (κ3) is 7.18. The molecule has 3 aliphatic heterocycles. The standard InChI is InChI=1S/C41H54O5Si/c1-6-7-24-38(45-47(39(3,4)5,35-20-13-9-14-21-35)36-22-15-10-16-23-36)37-25-17-26-40(44-37)27-28-41(46-40)32(2)29-34(31-43-41)42-30-33-18-11-8-12-19-33/h8-16,18-24,32,34,37H,6-7,17,25-31H2,1-5H3/b38-24+/t32-,34+,37+,40-,41-/m1/s1. The van der Waals surface area contributed by atoms with E-state index in [4.69, 9.17) is 23.4 Å². The van der Waals surface area contributed by atoms with Crippen LogP contribution in [0.5, 0.6) is 0 Å². The molecule has 0 saturated carbocycles. The predicted molar refractivity (Wildman–Crippen MR) is 191 cm³/mol. The Morgan fingerprint density at radius 3 is 2.13 bits per heavy atom. The topological polar surface area (TPSA) is 46.2 Å². The molecule has 0 aliphatic carbocycles. The predicted octanol–water partition coefficient (Wildman–Crippen LogP) is 8.66. The molecular formula is C41H54O5Si. The molecular weight excluding hydrogens is 601 g/mol. The second kappa shape index (κ2) is 14.4. The largest absolute Gasteiger partial charge is 0.535 e. The fourth-order valence-corrected chi connectivity index (χ4v) is 12.4. The van der Waals surface area contributed by atoms with E-state index in [9.17, 15) is 0 Å². The van der Waals surface area contributed by atoms with Gasteiger partial charge in [-0.3, -0.25) is 0 Å². The molecule has 2 spiro atoms. The highest BCUT2D eigenvalue weighted by Gasteiger charge is 2.58. The van der Waals surface area contributed by atoms with Gasteiger partial charge in [0, 0.05) is 25.2 Å². The van der Waals surface area contributed by atoms with Crippen LogP contribution in [-0.2, 0) is 30.0 Å². The SMILES string of the molecule is CCC/C=C(/O[Si](c1ccccc1)(c1ccccc1)C(C)(C)C)[C@@H]1CCC[C@@]2(CC[C@@]3(OC[C@@H](OCc4ccccc4)C[C@H]3C)O2)O1. The molecule has 6 heteroatoms. The van der Waals surface area contributed by atoms with Crippen LogP contribution in [0.2, 0.25) is 5.04 Å². The van der Waals surface area contributed by atoms with Crippen molar-refractivity contribution in [1.29, 1.82) is 0 Å². The van der Waals surface area contributed by atoms with Crippen LogP contribution in [0.1, 0.15) is 91.5 Å². The van der Waals surface area contributed by atoms with Crippen molar-refractivity contribution >= 4 is 18.7 Å². The Kier molecular flexibility index (Phi) is 10.5. The molecule has 5 atom stereocenters. The summed E-state index contributed by atoms with van der Waals surface area (Å²) in [7, 11) is -2.82. The van der Waals surface area contributed by atoms with E-state index in [0.29, 0.717) is 13.2 Å². The highest BCUT2D eigenvalue weighted by molar-refractivity contribution is 6.99. The molecule has 3 aromatic rings. The minimum Gasteiger partial charge on any atom is -0.535 e. The van der Waals surface area contributed by atoms with Crippen LogP contribution in [0.15, 0.2) is 103 Å². The fraction of sp³-hybridized carbons (Fsp3) is 0.512. The highest BCUT2D eigenvalue weighted by atomic mass is 28.4. The first-order valence-electron chi connectivity index (χ1n) is 17.9. The zero-order chi connectivity index (χ0) is 33.0. The Bertz CT molecular complexity index is 1420. The van der Waals surface area contributed by atoms with Crippen LogP contribution in [0.3, 0.4) is 0 Å². The Balaban J connectivity index is 1.23. The van der Waals surface area contributed by atoms with Crippen LogP contribution >= 0.6 is 0 Å². The Hall–Kier alpha value is -2.74. The molecule has 47 heavy (non-hydrogen) atoms. The first-order valence-corrected chi connectivity index (χ1v) is 19.8. The van der Waals surface area contributed by atoms with Gasteiger partial charge in [0.2, 0.25) is 0 Å². The van der Waals surface area contributed by atoms with Crippen molar-refractivity contribution in [1.82, 2.24) is 0 Å². The van der Waals surface area contributed by atoms with E-state index < -0.39 is 19.9 Å². The lowest BCUT2D eigenvalue weighted by Crippen LogP contribution is -2.67. The summed E-state index contributed by atoms with van der Waals surface area (Å²) in [5, 5.41) is 2.42. The van der Waals surface area contributed by atoms with Gasteiger partial charge in [-0.05, 0) is 52.7 Å². The molecule has 0 unspecified atom stereocenters. The van der Waals surface area contributed by atoms with Gasteiger partial charge in [0.1, 0.15) is 11.9 Å². The van der Waals surface area contributed by atoms with Gasteiger partial charge in [0.05, 0.1) is 19.3 Å². The van der Waals surface area contributed by atoms with Crippen molar-refractivity contribution in [2.45, 2.75) is 121 Å².